The Morgan fingerprint density at radius 2 is 1.95 bits per heavy atom. The zero-order chi connectivity index (χ0) is 14.3. The summed E-state index contributed by atoms with van der Waals surface area (Å²) in [7, 11) is 1.96. The van der Waals surface area contributed by atoms with Crippen LogP contribution in [0.3, 0.4) is 0 Å². The molecule has 2 aliphatic rings. The van der Waals surface area contributed by atoms with Gasteiger partial charge in [-0.3, -0.25) is 0 Å². The molecule has 1 aromatic rings. The fraction of sp³-hybridized carbons (Fsp3) is 0.750. The smallest absolute Gasteiger partial charge is 0.137 e. The van der Waals surface area contributed by atoms with Gasteiger partial charge in [0.05, 0.1) is 0 Å². The van der Waals surface area contributed by atoms with Crippen LogP contribution in [0.2, 0.25) is 0 Å². The van der Waals surface area contributed by atoms with Crippen molar-refractivity contribution in [2.45, 2.75) is 70.9 Å². The van der Waals surface area contributed by atoms with E-state index in [2.05, 4.69) is 31.0 Å². The van der Waals surface area contributed by atoms with Crippen LogP contribution in [0, 0.1) is 6.92 Å². The van der Waals surface area contributed by atoms with Gasteiger partial charge in [0.15, 0.2) is 0 Å². The van der Waals surface area contributed by atoms with Crippen LogP contribution in [0.5, 0.6) is 0 Å². The van der Waals surface area contributed by atoms with E-state index in [-0.39, 0.29) is 0 Å². The fourth-order valence-corrected chi connectivity index (χ4v) is 3.39. The van der Waals surface area contributed by atoms with Crippen molar-refractivity contribution in [1.29, 1.82) is 0 Å². The highest BCUT2D eigenvalue weighted by atomic mass is 15.3. The molecule has 1 aromatic heterocycles. The van der Waals surface area contributed by atoms with E-state index in [9.17, 15) is 0 Å². The minimum absolute atomic E-state index is 0.588. The summed E-state index contributed by atoms with van der Waals surface area (Å²) in [6.07, 6.45) is 6.25. The maximum Gasteiger partial charge on any atom is 0.137 e. The number of nitrogens with zero attached hydrogens (tertiary/aromatic N) is 3. The molecule has 20 heavy (non-hydrogen) atoms. The molecule has 2 unspecified atom stereocenters. The number of aromatic nitrogens is 2. The summed E-state index contributed by atoms with van der Waals surface area (Å²) in [5.41, 5.74) is 1.20. The summed E-state index contributed by atoms with van der Waals surface area (Å²) < 4.78 is 0. The Morgan fingerprint density at radius 1 is 1.20 bits per heavy atom. The second-order valence-corrected chi connectivity index (χ2v) is 6.30. The number of rotatable bonds is 4. The maximum absolute atomic E-state index is 4.95. The van der Waals surface area contributed by atoms with Crippen molar-refractivity contribution in [1.82, 2.24) is 9.97 Å². The van der Waals surface area contributed by atoms with E-state index in [4.69, 9.17) is 9.97 Å². The number of hydrogen-bond acceptors (Lipinski definition) is 4. The van der Waals surface area contributed by atoms with Crippen LogP contribution in [0.25, 0.3) is 0 Å². The van der Waals surface area contributed by atoms with E-state index in [0.717, 1.165) is 11.6 Å². The average molecular weight is 274 g/mol. The van der Waals surface area contributed by atoms with E-state index in [1.165, 1.54) is 43.5 Å². The Labute approximate surface area is 122 Å². The SMILES string of the molecule is CCC1CCC(C)N1c1nc(C2CC2)nc(NC)c1C. The summed E-state index contributed by atoms with van der Waals surface area (Å²) in [6, 6.07) is 1.22. The Hall–Kier alpha value is -1.32. The molecule has 0 radical (unpaired) electrons. The van der Waals surface area contributed by atoms with Crippen LogP contribution in [-0.4, -0.2) is 29.1 Å². The summed E-state index contributed by atoms with van der Waals surface area (Å²) in [6.45, 7) is 6.76. The molecule has 0 aromatic carbocycles. The zero-order valence-corrected chi connectivity index (χ0v) is 13.1. The van der Waals surface area contributed by atoms with Crippen molar-refractivity contribution in [3.05, 3.63) is 11.4 Å². The van der Waals surface area contributed by atoms with E-state index in [0.29, 0.717) is 18.0 Å². The molecule has 110 valence electrons. The predicted molar refractivity (Wildman–Crippen MR) is 83.5 cm³/mol. The van der Waals surface area contributed by atoms with Crippen molar-refractivity contribution < 1.29 is 0 Å². The first-order valence-corrected chi connectivity index (χ1v) is 8.00. The molecule has 1 N–H and O–H groups in total. The lowest BCUT2D eigenvalue weighted by Gasteiger charge is -2.31. The third-order valence-electron chi connectivity index (χ3n) is 4.82. The highest BCUT2D eigenvalue weighted by molar-refractivity contribution is 5.60. The van der Waals surface area contributed by atoms with Gasteiger partial charge in [0.1, 0.15) is 17.5 Å². The molecule has 4 heteroatoms. The van der Waals surface area contributed by atoms with E-state index in [1.54, 1.807) is 0 Å². The topological polar surface area (TPSA) is 41.1 Å². The zero-order valence-electron chi connectivity index (χ0n) is 13.1. The molecule has 0 amide bonds. The van der Waals surface area contributed by atoms with Gasteiger partial charge in [-0.25, -0.2) is 9.97 Å². The van der Waals surface area contributed by atoms with Gasteiger partial charge >= 0.3 is 0 Å². The first-order chi connectivity index (χ1) is 9.65. The lowest BCUT2D eigenvalue weighted by Crippen LogP contribution is -2.35. The van der Waals surface area contributed by atoms with Gasteiger partial charge in [-0.05, 0) is 46.0 Å². The Balaban J connectivity index is 2.04. The molecule has 0 spiro atoms. The van der Waals surface area contributed by atoms with Crippen LogP contribution < -0.4 is 10.2 Å². The molecule has 2 fully saturated rings. The van der Waals surface area contributed by atoms with Crippen molar-refractivity contribution in [2.24, 2.45) is 0 Å². The lowest BCUT2D eigenvalue weighted by atomic mass is 10.1. The van der Waals surface area contributed by atoms with E-state index < -0.39 is 0 Å². The lowest BCUT2D eigenvalue weighted by molar-refractivity contribution is 0.616. The molecule has 4 nitrogen and oxygen atoms in total. The van der Waals surface area contributed by atoms with E-state index in [1.807, 2.05) is 7.05 Å². The van der Waals surface area contributed by atoms with Crippen molar-refractivity contribution in [3.63, 3.8) is 0 Å². The Morgan fingerprint density at radius 3 is 2.55 bits per heavy atom. The molecule has 0 bridgehead atoms. The second-order valence-electron chi connectivity index (χ2n) is 6.30. The van der Waals surface area contributed by atoms with Gasteiger partial charge in [-0.2, -0.15) is 0 Å². The molecule has 2 atom stereocenters. The van der Waals surface area contributed by atoms with Gasteiger partial charge in [-0.1, -0.05) is 6.92 Å². The molecule has 1 aliphatic carbocycles. The van der Waals surface area contributed by atoms with Crippen molar-refractivity contribution in [2.75, 3.05) is 17.3 Å². The number of nitrogens with one attached hydrogen (secondary N) is 1. The average Bonchev–Trinajstić information content (AvgIpc) is 3.23. The summed E-state index contributed by atoms with van der Waals surface area (Å²) in [5, 5.41) is 3.25. The first-order valence-electron chi connectivity index (χ1n) is 8.00. The molecular formula is C16H26N4. The standard InChI is InChI=1S/C16H26N4/c1-5-13-9-6-10(2)20(13)16-11(3)14(17-4)18-15(19-16)12-7-8-12/h10,12-13H,5-9H2,1-4H3,(H,17,18,19). The summed E-state index contributed by atoms with van der Waals surface area (Å²) >= 11 is 0. The quantitative estimate of drug-likeness (QED) is 0.912. The largest absolute Gasteiger partial charge is 0.373 e. The minimum Gasteiger partial charge on any atom is -0.373 e. The monoisotopic (exact) mass is 274 g/mol. The highest BCUT2D eigenvalue weighted by Gasteiger charge is 2.34. The van der Waals surface area contributed by atoms with Crippen molar-refractivity contribution in [3.8, 4) is 0 Å². The molecule has 3 rings (SSSR count). The fourth-order valence-electron chi connectivity index (χ4n) is 3.39. The van der Waals surface area contributed by atoms with Gasteiger partial charge in [0.25, 0.3) is 0 Å². The van der Waals surface area contributed by atoms with Crippen LogP contribution in [0.15, 0.2) is 0 Å². The van der Waals surface area contributed by atoms with Crippen molar-refractivity contribution >= 4 is 11.6 Å². The summed E-state index contributed by atoms with van der Waals surface area (Å²) in [5.74, 6) is 3.82. The molecule has 2 heterocycles. The van der Waals surface area contributed by atoms with Crippen LogP contribution in [0.4, 0.5) is 11.6 Å². The molecule has 1 aliphatic heterocycles. The third-order valence-corrected chi connectivity index (χ3v) is 4.82. The van der Waals surface area contributed by atoms with Gasteiger partial charge in [-0.15, -0.1) is 0 Å². The third kappa shape index (κ3) is 2.25. The van der Waals surface area contributed by atoms with Crippen LogP contribution in [0.1, 0.15) is 63.3 Å². The normalized spacial score (nSPS) is 26.1. The Bertz CT molecular complexity index is 495. The Kier molecular flexibility index (Phi) is 3.57. The second kappa shape index (κ2) is 5.23. The number of anilines is 2. The number of hydrogen-bond donors (Lipinski definition) is 1. The maximum atomic E-state index is 4.95. The van der Waals surface area contributed by atoms with Crippen LogP contribution in [-0.2, 0) is 0 Å². The summed E-state index contributed by atoms with van der Waals surface area (Å²) in [4.78, 5) is 12.2. The first kappa shape index (κ1) is 13.7. The van der Waals surface area contributed by atoms with E-state index >= 15 is 0 Å². The van der Waals surface area contributed by atoms with Gasteiger partial charge in [0, 0.05) is 30.6 Å². The highest BCUT2D eigenvalue weighted by Crippen LogP contribution is 2.41. The van der Waals surface area contributed by atoms with Gasteiger partial charge < -0.3 is 10.2 Å². The molecule has 1 saturated heterocycles. The van der Waals surface area contributed by atoms with Crippen LogP contribution >= 0.6 is 0 Å². The molecular weight excluding hydrogens is 248 g/mol. The molecule has 1 saturated carbocycles. The predicted octanol–water partition coefficient (Wildman–Crippen LogP) is 3.47. The van der Waals surface area contributed by atoms with Gasteiger partial charge in [0.2, 0.25) is 0 Å². The minimum atomic E-state index is 0.588.